The summed E-state index contributed by atoms with van der Waals surface area (Å²) in [6.45, 7) is 7.76. The zero-order valence-corrected chi connectivity index (χ0v) is 33.5. The summed E-state index contributed by atoms with van der Waals surface area (Å²) in [5.74, 6) is 0.285. The minimum absolute atomic E-state index is 0.0511. The highest BCUT2D eigenvalue weighted by atomic mass is 16.5. The minimum Gasteiger partial charge on any atom is -0.496 e. The fraction of sp³-hybridized carbons (Fsp3) is 0.467. The SMILES string of the molecule is CCn1cc(-c2cc(OC)c(CN3CCC4(CCC(CN5Cc6cc7c(cc6C5)C(=O)N(C5CCC(=O)NC5=O)C7=O)CC4)CC3)c(OC)c2)c2ccncc2c1=O. The Morgan fingerprint density at radius 3 is 2.07 bits per heavy atom. The topological polar surface area (TPSA) is 143 Å². The van der Waals surface area contributed by atoms with Crippen LogP contribution in [-0.4, -0.2) is 87.8 Å². The molecule has 1 N–H and O–H groups in total. The van der Waals surface area contributed by atoms with Crippen molar-refractivity contribution in [2.45, 2.75) is 90.5 Å². The van der Waals surface area contributed by atoms with Crippen LogP contribution in [0.1, 0.15) is 95.7 Å². The maximum Gasteiger partial charge on any atom is 0.262 e. The molecule has 4 aromatic rings. The number of aryl methyl sites for hydroxylation is 1. The Bertz CT molecular complexity index is 2340. The highest BCUT2D eigenvalue weighted by Crippen LogP contribution is 2.48. The summed E-state index contributed by atoms with van der Waals surface area (Å²) in [5, 5.41) is 3.70. The molecular formula is C45H50N6O7. The van der Waals surface area contributed by atoms with Crippen LogP contribution in [0.25, 0.3) is 21.9 Å². The number of aromatic nitrogens is 2. The number of likely N-dealkylation sites (tertiary alicyclic amines) is 1. The quantitative estimate of drug-likeness (QED) is 0.223. The normalized spacial score (nSPS) is 21.2. The van der Waals surface area contributed by atoms with Crippen molar-refractivity contribution in [3.63, 3.8) is 0 Å². The minimum atomic E-state index is -0.951. The first-order valence-electron chi connectivity index (χ1n) is 20.6. The van der Waals surface area contributed by atoms with Crippen LogP contribution in [0.5, 0.6) is 11.5 Å². The number of imide groups is 2. The van der Waals surface area contributed by atoms with Crippen molar-refractivity contribution in [2.24, 2.45) is 11.3 Å². The summed E-state index contributed by atoms with van der Waals surface area (Å²) in [6, 6.07) is 8.78. The molecule has 2 aromatic heterocycles. The monoisotopic (exact) mass is 786 g/mol. The van der Waals surface area contributed by atoms with Crippen LogP contribution in [0.4, 0.5) is 0 Å². The van der Waals surface area contributed by atoms with Crippen molar-refractivity contribution in [1.29, 1.82) is 0 Å². The molecule has 58 heavy (non-hydrogen) atoms. The van der Waals surface area contributed by atoms with Gasteiger partial charge in [0.1, 0.15) is 17.5 Å². The van der Waals surface area contributed by atoms with Crippen LogP contribution >= 0.6 is 0 Å². The van der Waals surface area contributed by atoms with Gasteiger partial charge in [-0.25, -0.2) is 0 Å². The van der Waals surface area contributed by atoms with E-state index in [0.717, 1.165) is 88.9 Å². The van der Waals surface area contributed by atoms with Gasteiger partial charge in [0, 0.05) is 63.3 Å². The lowest BCUT2D eigenvalue weighted by Crippen LogP contribution is -2.54. The number of hydrogen-bond acceptors (Lipinski definition) is 10. The number of amides is 4. The summed E-state index contributed by atoms with van der Waals surface area (Å²) in [7, 11) is 3.41. The van der Waals surface area contributed by atoms with Crippen LogP contribution in [0.15, 0.2) is 53.7 Å². The van der Waals surface area contributed by atoms with Gasteiger partial charge in [-0.3, -0.25) is 49.0 Å². The van der Waals surface area contributed by atoms with Crippen LogP contribution in [-0.2, 0) is 35.8 Å². The average molecular weight is 787 g/mol. The summed E-state index contributed by atoms with van der Waals surface area (Å²) >= 11 is 0. The average Bonchev–Trinajstić information content (AvgIpc) is 3.74. The van der Waals surface area contributed by atoms with Gasteiger partial charge in [-0.2, -0.15) is 0 Å². The Labute approximate surface area is 337 Å². The Morgan fingerprint density at radius 2 is 1.47 bits per heavy atom. The molecule has 13 heteroatoms. The first-order chi connectivity index (χ1) is 28.1. The van der Waals surface area contributed by atoms with Crippen molar-refractivity contribution in [3.8, 4) is 22.6 Å². The molecule has 3 fully saturated rings. The zero-order chi connectivity index (χ0) is 40.3. The van der Waals surface area contributed by atoms with E-state index in [4.69, 9.17) is 9.47 Å². The molecule has 4 amide bonds. The largest absolute Gasteiger partial charge is 0.496 e. The molecule has 302 valence electrons. The number of nitrogens with zero attached hydrogens (tertiary/aromatic N) is 5. The summed E-state index contributed by atoms with van der Waals surface area (Å²) in [6.07, 6.45) is 12.7. The fourth-order valence-corrected chi connectivity index (χ4v) is 10.3. The Hall–Kier alpha value is -5.40. The number of methoxy groups -OCH3 is 2. The lowest BCUT2D eigenvalue weighted by Gasteiger charge is -2.46. The lowest BCUT2D eigenvalue weighted by atomic mass is 9.65. The highest BCUT2D eigenvalue weighted by molar-refractivity contribution is 6.23. The van der Waals surface area contributed by atoms with Gasteiger partial charge in [0.15, 0.2) is 0 Å². The van der Waals surface area contributed by atoms with Crippen LogP contribution in [0, 0.1) is 11.3 Å². The number of benzene rings is 2. The van der Waals surface area contributed by atoms with Gasteiger partial charge >= 0.3 is 0 Å². The number of carbonyl (C=O) groups is 4. The van der Waals surface area contributed by atoms with E-state index in [0.29, 0.717) is 34.4 Å². The van der Waals surface area contributed by atoms with E-state index in [1.165, 1.54) is 38.5 Å². The number of hydrogen-bond donors (Lipinski definition) is 1. The molecule has 1 aliphatic carbocycles. The number of nitrogens with one attached hydrogen (secondary N) is 1. The second-order valence-electron chi connectivity index (χ2n) is 16.9. The van der Waals surface area contributed by atoms with Gasteiger partial charge in [-0.15, -0.1) is 0 Å². The van der Waals surface area contributed by atoms with E-state index in [1.54, 1.807) is 31.2 Å². The number of pyridine rings is 2. The maximum absolute atomic E-state index is 13.4. The Morgan fingerprint density at radius 1 is 0.810 bits per heavy atom. The molecule has 9 rings (SSSR count). The molecule has 6 heterocycles. The van der Waals surface area contributed by atoms with Gasteiger partial charge in [0.25, 0.3) is 17.4 Å². The van der Waals surface area contributed by atoms with E-state index in [1.807, 2.05) is 31.3 Å². The van der Waals surface area contributed by atoms with Crippen molar-refractivity contribution in [2.75, 3.05) is 33.9 Å². The van der Waals surface area contributed by atoms with Crippen LogP contribution in [0.2, 0.25) is 0 Å². The number of carbonyl (C=O) groups excluding carboxylic acids is 4. The molecule has 1 unspecified atom stereocenters. The van der Waals surface area contributed by atoms with Gasteiger partial charge < -0.3 is 14.0 Å². The van der Waals surface area contributed by atoms with Crippen LogP contribution < -0.4 is 20.3 Å². The van der Waals surface area contributed by atoms with Gasteiger partial charge in [-0.1, -0.05) is 0 Å². The number of rotatable bonds is 9. The number of ether oxygens (including phenoxy) is 2. The Balaban J connectivity index is 0.806. The van der Waals surface area contributed by atoms with Crippen molar-refractivity contribution in [1.82, 2.24) is 29.6 Å². The van der Waals surface area contributed by atoms with Gasteiger partial charge in [-0.05, 0) is 129 Å². The van der Waals surface area contributed by atoms with Crippen molar-refractivity contribution >= 4 is 34.4 Å². The van der Waals surface area contributed by atoms with E-state index >= 15 is 0 Å². The van der Waals surface area contributed by atoms with Crippen LogP contribution in [0.3, 0.4) is 0 Å². The second-order valence-corrected chi connectivity index (χ2v) is 16.9. The third-order valence-electron chi connectivity index (χ3n) is 13.7. The summed E-state index contributed by atoms with van der Waals surface area (Å²) < 4.78 is 13.7. The van der Waals surface area contributed by atoms with Gasteiger partial charge in [0.2, 0.25) is 11.8 Å². The van der Waals surface area contributed by atoms with E-state index < -0.39 is 23.8 Å². The second kappa shape index (κ2) is 15.1. The molecule has 1 atom stereocenters. The molecule has 0 bridgehead atoms. The molecule has 2 aromatic carbocycles. The molecule has 5 aliphatic rings. The number of fused-ring (bicyclic) bond motifs is 3. The molecule has 1 saturated carbocycles. The highest BCUT2D eigenvalue weighted by Gasteiger charge is 2.46. The third-order valence-corrected chi connectivity index (χ3v) is 13.7. The van der Waals surface area contributed by atoms with E-state index in [9.17, 15) is 24.0 Å². The molecule has 2 saturated heterocycles. The smallest absolute Gasteiger partial charge is 0.262 e. The number of piperidine rings is 2. The van der Waals surface area contributed by atoms with Crippen molar-refractivity contribution < 1.29 is 28.7 Å². The summed E-state index contributed by atoms with van der Waals surface area (Å²) in [5.41, 5.74) is 6.07. The first kappa shape index (κ1) is 38.1. The van der Waals surface area contributed by atoms with E-state index in [2.05, 4.69) is 32.2 Å². The van der Waals surface area contributed by atoms with E-state index in [-0.39, 0.29) is 24.3 Å². The van der Waals surface area contributed by atoms with Crippen molar-refractivity contribution in [3.05, 3.63) is 87.1 Å². The van der Waals surface area contributed by atoms with Gasteiger partial charge in [0.05, 0.1) is 36.3 Å². The first-order valence-corrected chi connectivity index (χ1v) is 20.6. The zero-order valence-electron chi connectivity index (χ0n) is 33.5. The molecular weight excluding hydrogens is 737 g/mol. The molecule has 4 aliphatic heterocycles. The lowest BCUT2D eigenvalue weighted by molar-refractivity contribution is -0.136. The molecule has 13 nitrogen and oxygen atoms in total. The Kier molecular flexibility index (Phi) is 9.92. The molecule has 1 spiro atoms. The standard InChI is InChI=1S/C45H50N6O7/c1-4-50-26-35(31-9-14-46-21-34(31)42(50)54)28-19-38(57-2)36(39(20-28)58-3)25-48-15-12-45(13-16-48)10-7-27(8-11-45)22-49-23-29-17-32-33(18-30(29)24-49)44(56)51(43(32)55)37-5-6-40(52)47-41(37)53/h9,14,17-21,26-27,37H,4-8,10-13,15-16,22-25H2,1-3H3,(H,47,52,53). The molecule has 0 radical (unpaired) electrons. The maximum atomic E-state index is 13.4. The predicted octanol–water partition coefficient (Wildman–Crippen LogP) is 5.29. The third kappa shape index (κ3) is 6.67. The fourth-order valence-electron chi connectivity index (χ4n) is 10.3. The predicted molar refractivity (Wildman–Crippen MR) is 216 cm³/mol. The summed E-state index contributed by atoms with van der Waals surface area (Å²) in [4.78, 5) is 74.2.